The summed E-state index contributed by atoms with van der Waals surface area (Å²) in [5.74, 6) is 1.29. The summed E-state index contributed by atoms with van der Waals surface area (Å²) in [6, 6.07) is 9.39. The van der Waals surface area contributed by atoms with Gasteiger partial charge < -0.3 is 15.3 Å². The van der Waals surface area contributed by atoms with Gasteiger partial charge in [0.2, 0.25) is 0 Å². The Balaban J connectivity index is 1.30. The van der Waals surface area contributed by atoms with E-state index in [2.05, 4.69) is 25.2 Å². The smallest absolute Gasteiger partial charge is 0.416 e. The lowest BCUT2D eigenvalue weighted by Gasteiger charge is -2.43. The molecular weight excluding hydrogens is 483 g/mol. The molecule has 3 unspecified atom stereocenters. The van der Waals surface area contributed by atoms with Gasteiger partial charge in [0.25, 0.3) is 0 Å². The Labute approximate surface area is 212 Å². The molecule has 0 bridgehead atoms. The Bertz CT molecular complexity index is 1280. The molecule has 2 aliphatic rings. The van der Waals surface area contributed by atoms with Gasteiger partial charge in [-0.2, -0.15) is 13.2 Å². The average molecular weight is 512 g/mol. The second-order valence-corrected chi connectivity index (χ2v) is 9.98. The van der Waals surface area contributed by atoms with Crippen LogP contribution in [0.4, 0.5) is 30.6 Å². The van der Waals surface area contributed by atoms with Crippen LogP contribution in [-0.2, 0) is 11.0 Å². The highest BCUT2D eigenvalue weighted by atomic mass is 19.4. The predicted molar refractivity (Wildman–Crippen MR) is 134 cm³/mol. The molecule has 4 heterocycles. The molecule has 0 amide bonds. The minimum Gasteiger partial charge on any atom is -0.481 e. The summed E-state index contributed by atoms with van der Waals surface area (Å²) in [4.78, 5) is 26.9. The van der Waals surface area contributed by atoms with Gasteiger partial charge in [-0.15, -0.1) is 0 Å². The number of carboxylic acids is 1. The van der Waals surface area contributed by atoms with E-state index >= 15 is 0 Å². The molecule has 1 saturated carbocycles. The highest BCUT2D eigenvalue weighted by Crippen LogP contribution is 2.40. The van der Waals surface area contributed by atoms with E-state index in [0.717, 1.165) is 74.0 Å². The molecule has 3 atom stereocenters. The average Bonchev–Trinajstić information content (AvgIpc) is 2.87. The molecule has 0 radical (unpaired) electrons. The van der Waals surface area contributed by atoms with E-state index in [0.29, 0.717) is 23.3 Å². The Morgan fingerprint density at radius 1 is 1.05 bits per heavy atom. The van der Waals surface area contributed by atoms with E-state index in [1.807, 2.05) is 25.1 Å². The Morgan fingerprint density at radius 2 is 1.89 bits per heavy atom. The summed E-state index contributed by atoms with van der Waals surface area (Å²) < 4.78 is 39.1. The fraction of sp³-hybridized carbons (Fsp3) is 0.407. The van der Waals surface area contributed by atoms with Gasteiger partial charge in [-0.05, 0) is 86.4 Å². The van der Waals surface area contributed by atoms with Crippen molar-refractivity contribution in [2.24, 2.45) is 17.8 Å². The number of carboxylic acid groups (broad SMARTS) is 1. The highest BCUT2D eigenvalue weighted by Gasteiger charge is 2.37. The number of aromatic nitrogens is 3. The molecule has 3 aromatic rings. The minimum absolute atomic E-state index is 0.0589. The first-order valence-corrected chi connectivity index (χ1v) is 12.4. The number of aliphatic carboxylic acids is 1. The molecule has 2 fully saturated rings. The number of nitrogens with one attached hydrogen (secondary N) is 1. The number of carbonyl (C=O) groups is 1. The van der Waals surface area contributed by atoms with Gasteiger partial charge in [0.15, 0.2) is 0 Å². The third-order valence-electron chi connectivity index (χ3n) is 7.39. The number of hydrogen-bond donors (Lipinski definition) is 2. The van der Waals surface area contributed by atoms with Crippen LogP contribution in [0.1, 0.15) is 36.8 Å². The lowest BCUT2D eigenvalue weighted by molar-refractivity contribution is -0.144. The van der Waals surface area contributed by atoms with Crippen molar-refractivity contribution in [1.82, 2.24) is 15.0 Å². The van der Waals surface area contributed by atoms with Crippen LogP contribution in [-0.4, -0.2) is 39.1 Å². The van der Waals surface area contributed by atoms with E-state index in [9.17, 15) is 23.1 Å². The number of halogens is 3. The fourth-order valence-electron chi connectivity index (χ4n) is 5.47. The molecule has 0 spiro atoms. The first-order chi connectivity index (χ1) is 17.7. The van der Waals surface area contributed by atoms with E-state index in [4.69, 9.17) is 0 Å². The number of pyridine rings is 3. The van der Waals surface area contributed by atoms with Crippen molar-refractivity contribution in [1.29, 1.82) is 0 Å². The quantitative estimate of drug-likeness (QED) is 0.438. The molecule has 7 nitrogen and oxygen atoms in total. The monoisotopic (exact) mass is 511 g/mol. The number of piperidine rings is 1. The van der Waals surface area contributed by atoms with Crippen molar-refractivity contribution in [2.75, 3.05) is 23.3 Å². The second kappa shape index (κ2) is 9.99. The van der Waals surface area contributed by atoms with Gasteiger partial charge in [0, 0.05) is 31.0 Å². The number of fused-ring (bicyclic) bond motifs is 1. The fourth-order valence-corrected chi connectivity index (χ4v) is 5.47. The van der Waals surface area contributed by atoms with Crippen LogP contribution in [0.5, 0.6) is 0 Å². The molecule has 10 heteroatoms. The molecular formula is C27H28F3N5O2. The van der Waals surface area contributed by atoms with Crippen molar-refractivity contribution < 1.29 is 23.1 Å². The number of hydrogen-bond acceptors (Lipinski definition) is 6. The molecule has 37 heavy (non-hydrogen) atoms. The summed E-state index contributed by atoms with van der Waals surface area (Å²) in [5, 5.41) is 12.3. The Hall–Kier alpha value is -3.69. The van der Waals surface area contributed by atoms with E-state index in [1.54, 1.807) is 12.3 Å². The standard InChI is InChI=1S/C27H28F3N5O2/c1-16-10-22(33-24(11-16)34-23-13-21(6-8-31-23)27(28,29)30)19-4-5-25(32-14-19)35-9-7-17-2-3-18(26(36)37)12-20(17)15-35/h4-6,8,10-11,13-14,17-18,20H,2-3,7,9,12,15H2,1H3,(H,36,37)(H,31,33,34). The lowest BCUT2D eigenvalue weighted by Crippen LogP contribution is -2.44. The van der Waals surface area contributed by atoms with Gasteiger partial charge in [-0.3, -0.25) is 4.79 Å². The highest BCUT2D eigenvalue weighted by molar-refractivity contribution is 5.70. The molecule has 0 aromatic carbocycles. The summed E-state index contributed by atoms with van der Waals surface area (Å²) in [5.41, 5.74) is 1.53. The van der Waals surface area contributed by atoms with Gasteiger partial charge >= 0.3 is 12.1 Å². The maximum Gasteiger partial charge on any atom is 0.416 e. The maximum absolute atomic E-state index is 13.0. The van der Waals surface area contributed by atoms with Crippen LogP contribution < -0.4 is 10.2 Å². The maximum atomic E-state index is 13.0. The number of nitrogens with zero attached hydrogens (tertiary/aromatic N) is 4. The summed E-state index contributed by atoms with van der Waals surface area (Å²) in [7, 11) is 0. The minimum atomic E-state index is -4.46. The van der Waals surface area contributed by atoms with Crippen LogP contribution in [0.3, 0.4) is 0 Å². The SMILES string of the molecule is Cc1cc(Nc2cc(C(F)(F)F)ccn2)nc(-c2ccc(N3CCC4CCC(C(=O)O)CC4C3)nc2)c1. The molecule has 1 aliphatic heterocycles. The molecule has 3 aromatic heterocycles. The Kier molecular flexibility index (Phi) is 6.74. The van der Waals surface area contributed by atoms with Gasteiger partial charge in [-0.25, -0.2) is 15.0 Å². The van der Waals surface area contributed by atoms with E-state index in [-0.39, 0.29) is 11.7 Å². The zero-order valence-corrected chi connectivity index (χ0v) is 20.4. The zero-order chi connectivity index (χ0) is 26.2. The third-order valence-corrected chi connectivity index (χ3v) is 7.39. The van der Waals surface area contributed by atoms with Crippen LogP contribution in [0.2, 0.25) is 0 Å². The van der Waals surface area contributed by atoms with Crippen LogP contribution in [0, 0.1) is 24.7 Å². The largest absolute Gasteiger partial charge is 0.481 e. The van der Waals surface area contributed by atoms with E-state index in [1.165, 1.54) is 0 Å². The summed E-state index contributed by atoms with van der Waals surface area (Å²) in [6.45, 7) is 3.59. The predicted octanol–water partition coefficient (Wildman–Crippen LogP) is 5.94. The first-order valence-electron chi connectivity index (χ1n) is 12.4. The van der Waals surface area contributed by atoms with Gasteiger partial charge in [0.05, 0.1) is 17.2 Å². The summed E-state index contributed by atoms with van der Waals surface area (Å²) in [6.07, 6.45) is 1.92. The Morgan fingerprint density at radius 3 is 2.62 bits per heavy atom. The first kappa shape index (κ1) is 25.0. The normalized spacial score (nSPS) is 21.8. The number of alkyl halides is 3. The number of rotatable bonds is 5. The number of anilines is 3. The number of aryl methyl sites for hydroxylation is 1. The molecule has 194 valence electrons. The van der Waals surface area contributed by atoms with Gasteiger partial charge in [-0.1, -0.05) is 0 Å². The molecule has 5 rings (SSSR count). The van der Waals surface area contributed by atoms with Crippen molar-refractivity contribution >= 4 is 23.4 Å². The van der Waals surface area contributed by atoms with Gasteiger partial charge in [0.1, 0.15) is 17.5 Å². The lowest BCUT2D eigenvalue weighted by atomic mass is 9.71. The zero-order valence-electron chi connectivity index (χ0n) is 20.4. The molecule has 1 aliphatic carbocycles. The van der Waals surface area contributed by atoms with Crippen molar-refractivity contribution in [3.05, 3.63) is 59.9 Å². The molecule has 1 saturated heterocycles. The summed E-state index contributed by atoms with van der Waals surface area (Å²) >= 11 is 0. The van der Waals surface area contributed by atoms with E-state index < -0.39 is 17.7 Å². The molecule has 2 N–H and O–H groups in total. The van der Waals surface area contributed by atoms with Crippen LogP contribution >= 0.6 is 0 Å². The van der Waals surface area contributed by atoms with Crippen LogP contribution in [0.15, 0.2) is 48.8 Å². The second-order valence-electron chi connectivity index (χ2n) is 9.98. The third kappa shape index (κ3) is 5.68. The van der Waals surface area contributed by atoms with Crippen molar-refractivity contribution in [3.63, 3.8) is 0 Å². The van der Waals surface area contributed by atoms with Crippen molar-refractivity contribution in [3.8, 4) is 11.3 Å². The van der Waals surface area contributed by atoms with Crippen LogP contribution in [0.25, 0.3) is 11.3 Å². The topological polar surface area (TPSA) is 91.2 Å². The van der Waals surface area contributed by atoms with Crippen molar-refractivity contribution in [2.45, 2.75) is 38.8 Å².